The van der Waals surface area contributed by atoms with Crippen molar-refractivity contribution in [2.45, 2.75) is 6.92 Å². The van der Waals surface area contributed by atoms with Crippen molar-refractivity contribution in [2.75, 3.05) is 18.5 Å². The lowest BCUT2D eigenvalue weighted by molar-refractivity contribution is -0.140. The molecule has 1 rings (SSSR count). The van der Waals surface area contributed by atoms with Crippen molar-refractivity contribution in [2.24, 2.45) is 5.73 Å². The van der Waals surface area contributed by atoms with Crippen LogP contribution in [0.2, 0.25) is 0 Å². The number of nitrogens with two attached hydrogens (primary N) is 1. The Balaban J connectivity index is 2.66. The molecule has 0 unspecified atom stereocenters. The maximum absolute atomic E-state index is 11.1. The number of carbonyl (C=O) groups excluding carboxylic acids is 1. The molecule has 0 aliphatic carbocycles. The smallest absolute Gasteiger partial charge is 0.325 e. The van der Waals surface area contributed by atoms with E-state index in [0.717, 1.165) is 0 Å². The van der Waals surface area contributed by atoms with Gasteiger partial charge in [0.15, 0.2) is 0 Å². The van der Waals surface area contributed by atoms with Crippen molar-refractivity contribution in [1.29, 1.82) is 0 Å². The summed E-state index contributed by atoms with van der Waals surface area (Å²) in [6.07, 6.45) is 1.59. The number of nitrogens with one attached hydrogen (secondary N) is 1. The maximum atomic E-state index is 11.1. The van der Waals surface area contributed by atoms with Gasteiger partial charge in [-0.05, 0) is 19.1 Å². The van der Waals surface area contributed by atoms with Gasteiger partial charge in [-0.3, -0.25) is 4.79 Å². The van der Waals surface area contributed by atoms with Crippen LogP contribution in [-0.4, -0.2) is 29.1 Å². The van der Waals surface area contributed by atoms with E-state index in [1.165, 1.54) is 0 Å². The summed E-state index contributed by atoms with van der Waals surface area (Å²) in [6, 6.07) is 3.47. The first-order chi connectivity index (χ1) is 7.65. The molecule has 0 atom stereocenters. The molecule has 5 nitrogen and oxygen atoms in total. The van der Waals surface area contributed by atoms with Crippen molar-refractivity contribution in [1.82, 2.24) is 4.98 Å². The topological polar surface area (TPSA) is 77.2 Å². The maximum Gasteiger partial charge on any atom is 0.325 e. The molecule has 3 N–H and O–H groups in total. The van der Waals surface area contributed by atoms with Crippen molar-refractivity contribution in [3.8, 4) is 0 Å². The second-order valence-electron chi connectivity index (χ2n) is 2.92. The van der Waals surface area contributed by atoms with E-state index in [1.807, 2.05) is 0 Å². The lowest BCUT2D eigenvalue weighted by Gasteiger charge is -2.08. The van der Waals surface area contributed by atoms with Gasteiger partial charge in [-0.1, -0.05) is 12.2 Å². The van der Waals surface area contributed by atoms with Gasteiger partial charge in [0.25, 0.3) is 0 Å². The number of esters is 1. The largest absolute Gasteiger partial charge is 0.465 e. The fourth-order valence-electron chi connectivity index (χ4n) is 1.11. The minimum atomic E-state index is -0.345. The molecule has 0 saturated carbocycles. The Morgan fingerprint density at radius 2 is 2.44 bits per heavy atom. The summed E-state index contributed by atoms with van der Waals surface area (Å²) < 4.78 is 4.77. The summed E-state index contributed by atoms with van der Waals surface area (Å²) in [5, 5.41) is 2.83. The van der Waals surface area contributed by atoms with Crippen LogP contribution in [0.3, 0.4) is 0 Å². The van der Waals surface area contributed by atoms with E-state index in [9.17, 15) is 4.79 Å². The number of hydrogen-bond acceptors (Lipinski definition) is 5. The van der Waals surface area contributed by atoms with Crippen LogP contribution in [0.1, 0.15) is 12.5 Å². The predicted molar refractivity (Wildman–Crippen MR) is 65.2 cm³/mol. The molecule has 1 aromatic rings. The van der Waals surface area contributed by atoms with Gasteiger partial charge < -0.3 is 15.8 Å². The SMILES string of the molecule is CCOC(=O)CNc1ncccc1C(N)=S. The summed E-state index contributed by atoms with van der Waals surface area (Å²) in [4.78, 5) is 15.4. The third-order valence-corrected chi connectivity index (χ3v) is 2.00. The highest BCUT2D eigenvalue weighted by atomic mass is 32.1. The first-order valence-corrected chi connectivity index (χ1v) is 5.20. The molecule has 0 amide bonds. The van der Waals surface area contributed by atoms with Gasteiger partial charge in [0, 0.05) is 6.20 Å². The van der Waals surface area contributed by atoms with Crippen LogP contribution >= 0.6 is 12.2 Å². The van der Waals surface area contributed by atoms with E-state index >= 15 is 0 Å². The molecule has 86 valence electrons. The Hall–Kier alpha value is -1.69. The zero-order valence-electron chi connectivity index (χ0n) is 8.90. The van der Waals surface area contributed by atoms with E-state index < -0.39 is 0 Å². The van der Waals surface area contributed by atoms with Crippen molar-refractivity contribution in [3.63, 3.8) is 0 Å². The number of thiocarbonyl (C=S) groups is 1. The standard InChI is InChI=1S/C10H13N3O2S/c1-2-15-8(14)6-13-10-7(9(11)16)4-3-5-12-10/h3-5H,2,6H2,1H3,(H2,11,16)(H,12,13). The minimum absolute atomic E-state index is 0.0421. The van der Waals surface area contributed by atoms with Crippen LogP contribution in [-0.2, 0) is 9.53 Å². The van der Waals surface area contributed by atoms with Crippen LogP contribution in [0.15, 0.2) is 18.3 Å². The monoisotopic (exact) mass is 239 g/mol. The number of pyridine rings is 1. The van der Waals surface area contributed by atoms with E-state index in [1.54, 1.807) is 25.3 Å². The van der Waals surface area contributed by atoms with E-state index in [2.05, 4.69) is 10.3 Å². The van der Waals surface area contributed by atoms with Crippen LogP contribution in [0.25, 0.3) is 0 Å². The average Bonchev–Trinajstić information content (AvgIpc) is 2.27. The Kier molecular flexibility index (Phi) is 4.65. The number of carbonyl (C=O) groups is 1. The van der Waals surface area contributed by atoms with Crippen molar-refractivity contribution >= 4 is 29.0 Å². The second-order valence-corrected chi connectivity index (χ2v) is 3.36. The number of anilines is 1. The minimum Gasteiger partial charge on any atom is -0.465 e. The summed E-state index contributed by atoms with van der Waals surface area (Å²) in [6.45, 7) is 2.14. The predicted octanol–water partition coefficient (Wildman–Crippen LogP) is 0.691. The Morgan fingerprint density at radius 3 is 3.06 bits per heavy atom. The fraction of sp³-hybridized carbons (Fsp3) is 0.300. The molecule has 1 heterocycles. The first-order valence-electron chi connectivity index (χ1n) is 4.79. The Bertz CT molecular complexity index is 395. The molecular formula is C10H13N3O2S. The highest BCUT2D eigenvalue weighted by Gasteiger charge is 2.07. The zero-order chi connectivity index (χ0) is 12.0. The molecule has 0 fully saturated rings. The third kappa shape index (κ3) is 3.47. The molecule has 1 aromatic heterocycles. The lowest BCUT2D eigenvalue weighted by atomic mass is 10.2. The number of hydrogen-bond donors (Lipinski definition) is 2. The summed E-state index contributed by atoms with van der Waals surface area (Å²) in [5.41, 5.74) is 6.13. The number of rotatable bonds is 5. The normalized spacial score (nSPS) is 9.56. The van der Waals surface area contributed by atoms with Gasteiger partial charge in [0.05, 0.1) is 12.2 Å². The zero-order valence-corrected chi connectivity index (χ0v) is 9.71. The van der Waals surface area contributed by atoms with Crippen LogP contribution in [0, 0.1) is 0 Å². The molecule has 6 heteroatoms. The molecule has 0 saturated heterocycles. The fourth-order valence-corrected chi connectivity index (χ4v) is 1.28. The van der Waals surface area contributed by atoms with Crippen LogP contribution < -0.4 is 11.1 Å². The summed E-state index contributed by atoms with van der Waals surface area (Å²) >= 11 is 4.86. The lowest BCUT2D eigenvalue weighted by Crippen LogP contribution is -2.20. The highest BCUT2D eigenvalue weighted by molar-refractivity contribution is 7.80. The van der Waals surface area contributed by atoms with Gasteiger partial charge in [-0.15, -0.1) is 0 Å². The molecule has 0 radical (unpaired) electrons. The summed E-state index contributed by atoms with van der Waals surface area (Å²) in [7, 11) is 0. The van der Waals surface area contributed by atoms with E-state index in [4.69, 9.17) is 22.7 Å². The van der Waals surface area contributed by atoms with E-state index in [0.29, 0.717) is 18.0 Å². The van der Waals surface area contributed by atoms with Gasteiger partial charge in [0.2, 0.25) is 0 Å². The Labute approximate surface area is 99.0 Å². The molecule has 0 aromatic carbocycles. The molecule has 0 aliphatic heterocycles. The third-order valence-electron chi connectivity index (χ3n) is 1.78. The number of ether oxygens (including phenoxy) is 1. The molecule has 16 heavy (non-hydrogen) atoms. The first kappa shape index (κ1) is 12.4. The van der Waals surface area contributed by atoms with E-state index in [-0.39, 0.29) is 17.5 Å². The average molecular weight is 239 g/mol. The van der Waals surface area contributed by atoms with Crippen LogP contribution in [0.4, 0.5) is 5.82 Å². The van der Waals surface area contributed by atoms with Crippen molar-refractivity contribution in [3.05, 3.63) is 23.9 Å². The number of nitrogens with zero attached hydrogens (tertiary/aromatic N) is 1. The van der Waals surface area contributed by atoms with Gasteiger partial charge >= 0.3 is 5.97 Å². The molecule has 0 aliphatic rings. The highest BCUT2D eigenvalue weighted by Crippen LogP contribution is 2.10. The van der Waals surface area contributed by atoms with Gasteiger partial charge in [-0.2, -0.15) is 0 Å². The molecular weight excluding hydrogens is 226 g/mol. The van der Waals surface area contributed by atoms with Gasteiger partial charge in [0.1, 0.15) is 17.4 Å². The number of aromatic nitrogens is 1. The second kappa shape index (κ2) is 6.02. The Morgan fingerprint density at radius 1 is 1.69 bits per heavy atom. The van der Waals surface area contributed by atoms with Crippen LogP contribution in [0.5, 0.6) is 0 Å². The quantitative estimate of drug-likeness (QED) is 0.581. The summed E-state index contributed by atoms with van der Waals surface area (Å²) in [5.74, 6) is 0.144. The molecule has 0 bridgehead atoms. The van der Waals surface area contributed by atoms with Gasteiger partial charge in [-0.25, -0.2) is 4.98 Å². The molecule has 0 spiro atoms. The van der Waals surface area contributed by atoms with Crippen molar-refractivity contribution < 1.29 is 9.53 Å².